The van der Waals surface area contributed by atoms with E-state index in [1.165, 1.54) is 0 Å². The molecule has 1 heterocycles. The number of pyridine rings is 1. The van der Waals surface area contributed by atoms with Crippen LogP contribution in [-0.4, -0.2) is 9.67 Å². The van der Waals surface area contributed by atoms with Gasteiger partial charge in [0.2, 0.25) is 0 Å². The average Bonchev–Trinajstić information content (AvgIpc) is 2.34. The molecule has 3 nitrogen and oxygen atoms in total. The molecule has 0 atom stereocenters. The molecular formula is C13H12BrNO2. The normalized spacial score (nSPS) is 10.5. The van der Waals surface area contributed by atoms with Crippen molar-refractivity contribution in [2.45, 2.75) is 6.61 Å². The van der Waals surface area contributed by atoms with Crippen molar-refractivity contribution < 1.29 is 5.11 Å². The molecule has 0 saturated carbocycles. The Kier molecular flexibility index (Phi) is 3.45. The minimum absolute atomic E-state index is 0.159. The van der Waals surface area contributed by atoms with Crippen LogP contribution in [0.4, 0.5) is 0 Å². The number of aromatic nitrogens is 1. The third kappa shape index (κ3) is 2.33. The predicted molar refractivity (Wildman–Crippen MR) is 70.7 cm³/mol. The first kappa shape index (κ1) is 12.1. The maximum Gasteiger partial charge on any atom is 0.256 e. The lowest BCUT2D eigenvalue weighted by molar-refractivity contribution is 0.279. The molecule has 0 amide bonds. The molecule has 0 fully saturated rings. The predicted octanol–water partition coefficient (Wildman–Crippen LogP) is 2.31. The van der Waals surface area contributed by atoms with Crippen LogP contribution in [0.3, 0.4) is 0 Å². The van der Waals surface area contributed by atoms with Crippen molar-refractivity contribution >= 4 is 15.9 Å². The molecule has 1 aromatic heterocycles. The second-order valence-electron chi connectivity index (χ2n) is 3.77. The smallest absolute Gasteiger partial charge is 0.256 e. The number of hydrogen-bond donors (Lipinski definition) is 1. The Morgan fingerprint density at radius 1 is 1.18 bits per heavy atom. The van der Waals surface area contributed by atoms with Gasteiger partial charge in [-0.3, -0.25) is 4.79 Å². The molecule has 2 rings (SSSR count). The van der Waals surface area contributed by atoms with Gasteiger partial charge in [-0.15, -0.1) is 0 Å². The Balaban J connectivity index is 2.57. The van der Waals surface area contributed by atoms with Crippen molar-refractivity contribution in [2.24, 2.45) is 7.05 Å². The fraction of sp³-hybridized carbons (Fsp3) is 0.154. The molecule has 2 aromatic rings. The van der Waals surface area contributed by atoms with E-state index in [-0.39, 0.29) is 12.2 Å². The molecule has 0 saturated heterocycles. The average molecular weight is 294 g/mol. The van der Waals surface area contributed by atoms with Crippen molar-refractivity contribution in [1.29, 1.82) is 0 Å². The van der Waals surface area contributed by atoms with Gasteiger partial charge in [-0.2, -0.15) is 0 Å². The van der Waals surface area contributed by atoms with Crippen LogP contribution >= 0.6 is 15.9 Å². The second kappa shape index (κ2) is 4.85. The molecule has 0 unspecified atom stereocenters. The number of aliphatic hydroxyl groups excluding tert-OH is 1. The van der Waals surface area contributed by atoms with Crippen LogP contribution in [0.2, 0.25) is 0 Å². The van der Waals surface area contributed by atoms with Crippen LogP contribution in [0.25, 0.3) is 11.3 Å². The van der Waals surface area contributed by atoms with Crippen LogP contribution in [0.5, 0.6) is 0 Å². The quantitative estimate of drug-likeness (QED) is 0.923. The summed E-state index contributed by atoms with van der Waals surface area (Å²) in [7, 11) is 1.71. The maximum absolute atomic E-state index is 11.9. The van der Waals surface area contributed by atoms with Gasteiger partial charge in [0.05, 0.1) is 12.3 Å². The zero-order valence-corrected chi connectivity index (χ0v) is 10.9. The van der Waals surface area contributed by atoms with E-state index in [0.717, 1.165) is 15.7 Å². The Morgan fingerprint density at radius 2 is 1.82 bits per heavy atom. The Labute approximate surface area is 107 Å². The van der Waals surface area contributed by atoms with Crippen molar-refractivity contribution in [2.75, 3.05) is 0 Å². The van der Waals surface area contributed by atoms with Crippen LogP contribution in [0, 0.1) is 0 Å². The molecule has 0 aliphatic rings. The topological polar surface area (TPSA) is 42.2 Å². The van der Waals surface area contributed by atoms with E-state index in [9.17, 15) is 4.79 Å². The highest BCUT2D eigenvalue weighted by atomic mass is 79.9. The molecule has 0 radical (unpaired) electrons. The molecule has 4 heteroatoms. The maximum atomic E-state index is 11.9. The second-order valence-corrected chi connectivity index (χ2v) is 4.69. The van der Waals surface area contributed by atoms with Crippen LogP contribution in [0.1, 0.15) is 5.56 Å². The molecule has 0 aliphatic carbocycles. The van der Waals surface area contributed by atoms with Crippen LogP contribution in [0.15, 0.2) is 45.7 Å². The highest BCUT2D eigenvalue weighted by Crippen LogP contribution is 2.20. The summed E-state index contributed by atoms with van der Waals surface area (Å²) in [5.74, 6) is 0. The summed E-state index contributed by atoms with van der Waals surface area (Å²) < 4.78 is 2.55. The Bertz CT molecular complexity index is 587. The molecule has 1 aromatic carbocycles. The largest absolute Gasteiger partial charge is 0.391 e. The van der Waals surface area contributed by atoms with Gasteiger partial charge in [0.25, 0.3) is 5.56 Å². The first-order chi connectivity index (χ1) is 8.13. The van der Waals surface area contributed by atoms with Crippen molar-refractivity contribution in [3.05, 3.63) is 56.8 Å². The summed E-state index contributed by atoms with van der Waals surface area (Å²) in [5.41, 5.74) is 2.05. The van der Waals surface area contributed by atoms with E-state index in [1.807, 2.05) is 30.3 Å². The standard InChI is InChI=1S/C13H12BrNO2/c1-15-12(7-4-10(8-16)13(15)17)9-2-5-11(14)6-3-9/h2-7,16H,8H2,1H3. The van der Waals surface area contributed by atoms with Gasteiger partial charge in [-0.05, 0) is 29.8 Å². The molecular weight excluding hydrogens is 282 g/mol. The summed E-state index contributed by atoms with van der Waals surface area (Å²) in [5, 5.41) is 9.02. The van der Waals surface area contributed by atoms with E-state index < -0.39 is 0 Å². The van der Waals surface area contributed by atoms with Crippen molar-refractivity contribution in [3.63, 3.8) is 0 Å². The fourth-order valence-corrected chi connectivity index (χ4v) is 1.98. The van der Waals surface area contributed by atoms with Crippen LogP contribution in [-0.2, 0) is 13.7 Å². The number of aliphatic hydroxyl groups is 1. The van der Waals surface area contributed by atoms with Crippen molar-refractivity contribution in [3.8, 4) is 11.3 Å². The van der Waals surface area contributed by atoms with Crippen LogP contribution < -0.4 is 5.56 Å². The van der Waals surface area contributed by atoms with Gasteiger partial charge in [0.1, 0.15) is 0 Å². The van der Waals surface area contributed by atoms with E-state index in [2.05, 4.69) is 15.9 Å². The first-order valence-corrected chi connectivity index (χ1v) is 5.98. The van der Waals surface area contributed by atoms with Gasteiger partial charge in [0, 0.05) is 17.1 Å². The minimum Gasteiger partial charge on any atom is -0.391 e. The lowest BCUT2D eigenvalue weighted by atomic mass is 10.1. The zero-order valence-electron chi connectivity index (χ0n) is 9.35. The molecule has 17 heavy (non-hydrogen) atoms. The molecule has 0 bridgehead atoms. The highest BCUT2D eigenvalue weighted by Gasteiger charge is 2.06. The number of hydrogen-bond acceptors (Lipinski definition) is 2. The summed E-state index contributed by atoms with van der Waals surface area (Å²) in [6.07, 6.45) is 0. The van der Waals surface area contributed by atoms with Gasteiger partial charge in [-0.1, -0.05) is 28.1 Å². The number of benzene rings is 1. The summed E-state index contributed by atoms with van der Waals surface area (Å²) >= 11 is 3.37. The first-order valence-electron chi connectivity index (χ1n) is 5.19. The number of rotatable bonds is 2. The van der Waals surface area contributed by atoms with Gasteiger partial charge in [-0.25, -0.2) is 0 Å². The van der Waals surface area contributed by atoms with Gasteiger partial charge >= 0.3 is 0 Å². The lowest BCUT2D eigenvalue weighted by Crippen LogP contribution is -2.22. The van der Waals surface area contributed by atoms with E-state index >= 15 is 0 Å². The van der Waals surface area contributed by atoms with Crippen molar-refractivity contribution in [1.82, 2.24) is 4.57 Å². The molecule has 0 aliphatic heterocycles. The number of nitrogens with zero attached hydrogens (tertiary/aromatic N) is 1. The monoisotopic (exact) mass is 293 g/mol. The Morgan fingerprint density at radius 3 is 2.41 bits per heavy atom. The van der Waals surface area contributed by atoms with Gasteiger partial charge < -0.3 is 9.67 Å². The molecule has 88 valence electrons. The van der Waals surface area contributed by atoms with E-state index in [0.29, 0.717) is 5.56 Å². The summed E-state index contributed by atoms with van der Waals surface area (Å²) in [6.45, 7) is -0.229. The lowest BCUT2D eigenvalue weighted by Gasteiger charge is -2.09. The number of halogens is 1. The molecule has 1 N–H and O–H groups in total. The Hall–Kier alpha value is -1.39. The third-order valence-corrected chi connectivity index (χ3v) is 3.22. The SMILES string of the molecule is Cn1c(-c2ccc(Br)cc2)ccc(CO)c1=O. The fourth-order valence-electron chi connectivity index (χ4n) is 1.72. The summed E-state index contributed by atoms with van der Waals surface area (Å²) in [4.78, 5) is 11.9. The summed E-state index contributed by atoms with van der Waals surface area (Å²) in [6, 6.07) is 11.3. The van der Waals surface area contributed by atoms with Gasteiger partial charge in [0.15, 0.2) is 0 Å². The van der Waals surface area contributed by atoms with E-state index in [4.69, 9.17) is 5.11 Å². The van der Waals surface area contributed by atoms with E-state index in [1.54, 1.807) is 17.7 Å². The highest BCUT2D eigenvalue weighted by molar-refractivity contribution is 9.10. The molecule has 0 spiro atoms. The minimum atomic E-state index is -0.229. The zero-order chi connectivity index (χ0) is 12.4. The third-order valence-electron chi connectivity index (χ3n) is 2.69.